The minimum absolute atomic E-state index is 0.0637. The maximum Gasteiger partial charge on any atom is 0.310 e. The SMILES string of the molecule is NCc1ccc([N+](=O)[O-])c(OCc2ccncc2)c1. The zero-order valence-corrected chi connectivity index (χ0v) is 10.2. The molecule has 0 spiro atoms. The Labute approximate surface area is 110 Å². The zero-order chi connectivity index (χ0) is 13.7. The quantitative estimate of drug-likeness (QED) is 0.655. The first kappa shape index (κ1) is 13.0. The van der Waals surface area contributed by atoms with Crippen LogP contribution in [0, 0.1) is 10.1 Å². The summed E-state index contributed by atoms with van der Waals surface area (Å²) in [4.78, 5) is 14.3. The van der Waals surface area contributed by atoms with Crippen molar-refractivity contribution in [3.8, 4) is 5.75 Å². The van der Waals surface area contributed by atoms with Crippen molar-refractivity contribution in [1.82, 2.24) is 4.98 Å². The van der Waals surface area contributed by atoms with Gasteiger partial charge in [-0.25, -0.2) is 0 Å². The molecule has 98 valence electrons. The summed E-state index contributed by atoms with van der Waals surface area (Å²) in [6.07, 6.45) is 3.28. The smallest absolute Gasteiger partial charge is 0.310 e. The maximum atomic E-state index is 10.9. The highest BCUT2D eigenvalue weighted by Gasteiger charge is 2.15. The zero-order valence-electron chi connectivity index (χ0n) is 10.2. The highest BCUT2D eigenvalue weighted by atomic mass is 16.6. The van der Waals surface area contributed by atoms with E-state index in [1.807, 2.05) is 0 Å². The number of benzene rings is 1. The number of rotatable bonds is 5. The summed E-state index contributed by atoms with van der Waals surface area (Å²) in [6.45, 7) is 0.557. The molecule has 0 saturated heterocycles. The van der Waals surface area contributed by atoms with E-state index < -0.39 is 4.92 Å². The van der Waals surface area contributed by atoms with Gasteiger partial charge in [0.1, 0.15) is 6.61 Å². The average molecular weight is 259 g/mol. The van der Waals surface area contributed by atoms with Crippen molar-refractivity contribution < 1.29 is 9.66 Å². The summed E-state index contributed by atoms with van der Waals surface area (Å²) < 4.78 is 5.50. The molecule has 1 heterocycles. The minimum atomic E-state index is -0.470. The number of ether oxygens (including phenoxy) is 1. The third kappa shape index (κ3) is 3.26. The van der Waals surface area contributed by atoms with Crippen LogP contribution >= 0.6 is 0 Å². The normalized spacial score (nSPS) is 10.2. The van der Waals surface area contributed by atoms with Crippen molar-refractivity contribution in [3.63, 3.8) is 0 Å². The van der Waals surface area contributed by atoms with Crippen LogP contribution in [0.5, 0.6) is 5.75 Å². The van der Waals surface area contributed by atoms with Crippen LogP contribution < -0.4 is 10.5 Å². The van der Waals surface area contributed by atoms with Gasteiger partial charge in [-0.1, -0.05) is 6.07 Å². The van der Waals surface area contributed by atoms with Crippen LogP contribution in [0.25, 0.3) is 0 Å². The molecule has 0 atom stereocenters. The highest BCUT2D eigenvalue weighted by Crippen LogP contribution is 2.28. The van der Waals surface area contributed by atoms with Gasteiger partial charge in [-0.3, -0.25) is 15.1 Å². The van der Waals surface area contributed by atoms with Crippen LogP contribution in [0.15, 0.2) is 42.7 Å². The molecule has 0 fully saturated rings. The van der Waals surface area contributed by atoms with Crippen molar-refractivity contribution in [2.75, 3.05) is 0 Å². The third-order valence-corrected chi connectivity index (χ3v) is 2.60. The van der Waals surface area contributed by atoms with Crippen molar-refractivity contribution in [1.29, 1.82) is 0 Å². The Kier molecular flexibility index (Phi) is 4.04. The second-order valence-electron chi connectivity index (χ2n) is 3.91. The number of nitro benzene ring substituents is 1. The lowest BCUT2D eigenvalue weighted by Crippen LogP contribution is -2.02. The van der Waals surface area contributed by atoms with Crippen molar-refractivity contribution in [2.24, 2.45) is 5.73 Å². The molecule has 0 bridgehead atoms. The Hall–Kier alpha value is -2.47. The Morgan fingerprint density at radius 2 is 1.95 bits per heavy atom. The fraction of sp³-hybridized carbons (Fsp3) is 0.154. The van der Waals surface area contributed by atoms with E-state index in [1.54, 1.807) is 36.7 Å². The molecule has 1 aromatic heterocycles. The molecule has 19 heavy (non-hydrogen) atoms. The Bertz CT molecular complexity index is 573. The number of hydrogen-bond acceptors (Lipinski definition) is 5. The van der Waals surface area contributed by atoms with E-state index in [9.17, 15) is 10.1 Å². The van der Waals surface area contributed by atoms with Gasteiger partial charge < -0.3 is 10.5 Å². The molecule has 2 N–H and O–H groups in total. The number of pyridine rings is 1. The molecule has 6 nitrogen and oxygen atoms in total. The van der Waals surface area contributed by atoms with Gasteiger partial charge in [0.25, 0.3) is 0 Å². The van der Waals surface area contributed by atoms with Crippen LogP contribution in [0.4, 0.5) is 5.69 Å². The fourth-order valence-corrected chi connectivity index (χ4v) is 1.59. The minimum Gasteiger partial charge on any atom is -0.482 e. The van der Waals surface area contributed by atoms with E-state index in [0.29, 0.717) is 6.54 Å². The second kappa shape index (κ2) is 5.92. The van der Waals surface area contributed by atoms with Gasteiger partial charge in [-0.15, -0.1) is 0 Å². The lowest BCUT2D eigenvalue weighted by Gasteiger charge is -2.08. The molecule has 1 aromatic carbocycles. The molecule has 0 saturated carbocycles. The van der Waals surface area contributed by atoms with E-state index in [0.717, 1.165) is 11.1 Å². The topological polar surface area (TPSA) is 91.3 Å². The number of nitrogens with zero attached hydrogens (tertiary/aromatic N) is 2. The van der Waals surface area contributed by atoms with Crippen LogP contribution in [-0.2, 0) is 13.2 Å². The summed E-state index contributed by atoms with van der Waals surface area (Å²) in [5.74, 6) is 0.227. The van der Waals surface area contributed by atoms with Crippen LogP contribution in [-0.4, -0.2) is 9.91 Å². The number of nitro groups is 1. The molecule has 0 amide bonds. The van der Waals surface area contributed by atoms with Crippen LogP contribution in [0.1, 0.15) is 11.1 Å². The first-order valence-electron chi connectivity index (χ1n) is 5.70. The summed E-state index contributed by atoms with van der Waals surface area (Å²) in [6, 6.07) is 8.21. The van der Waals surface area contributed by atoms with E-state index in [2.05, 4.69) is 4.98 Å². The van der Waals surface area contributed by atoms with Crippen LogP contribution in [0.3, 0.4) is 0 Å². The molecule has 2 aromatic rings. The van der Waals surface area contributed by atoms with Crippen molar-refractivity contribution in [2.45, 2.75) is 13.2 Å². The second-order valence-corrected chi connectivity index (χ2v) is 3.91. The number of aromatic nitrogens is 1. The molecule has 0 aliphatic rings. The van der Waals surface area contributed by atoms with Crippen molar-refractivity contribution in [3.05, 3.63) is 64.0 Å². The predicted octanol–water partition coefficient (Wildman–Crippen LogP) is 2.03. The maximum absolute atomic E-state index is 10.9. The molecule has 0 radical (unpaired) electrons. The van der Waals surface area contributed by atoms with Gasteiger partial charge in [-0.05, 0) is 29.3 Å². The summed E-state index contributed by atoms with van der Waals surface area (Å²) in [5, 5.41) is 10.9. The summed E-state index contributed by atoms with van der Waals surface area (Å²) in [5.41, 5.74) is 7.13. The van der Waals surface area contributed by atoms with Gasteiger partial charge in [0.15, 0.2) is 5.75 Å². The lowest BCUT2D eigenvalue weighted by molar-refractivity contribution is -0.386. The standard InChI is InChI=1S/C13H13N3O3/c14-8-11-1-2-12(16(17)18)13(7-11)19-9-10-3-5-15-6-4-10/h1-7H,8-9,14H2. The third-order valence-electron chi connectivity index (χ3n) is 2.60. The van der Waals surface area contributed by atoms with E-state index in [4.69, 9.17) is 10.5 Å². The van der Waals surface area contributed by atoms with Crippen LogP contribution in [0.2, 0.25) is 0 Å². The molecular weight excluding hydrogens is 246 g/mol. The average Bonchev–Trinajstić information content (AvgIpc) is 2.45. The van der Waals surface area contributed by atoms with Crippen molar-refractivity contribution >= 4 is 5.69 Å². The molecule has 6 heteroatoms. The monoisotopic (exact) mass is 259 g/mol. The van der Waals surface area contributed by atoms with Gasteiger partial charge in [0.05, 0.1) is 4.92 Å². The molecule has 2 rings (SSSR count). The first-order chi connectivity index (χ1) is 9.20. The molecule has 0 unspecified atom stereocenters. The fourth-order valence-electron chi connectivity index (χ4n) is 1.59. The number of nitrogens with two attached hydrogens (primary N) is 1. The summed E-state index contributed by atoms with van der Waals surface area (Å²) >= 11 is 0. The van der Waals surface area contributed by atoms with Gasteiger partial charge in [0, 0.05) is 25.0 Å². The Morgan fingerprint density at radius 3 is 2.58 bits per heavy atom. The van der Waals surface area contributed by atoms with E-state index in [1.165, 1.54) is 6.07 Å². The summed E-state index contributed by atoms with van der Waals surface area (Å²) in [7, 11) is 0. The highest BCUT2D eigenvalue weighted by molar-refractivity contribution is 5.48. The van der Waals surface area contributed by atoms with Gasteiger partial charge >= 0.3 is 5.69 Å². The molecule has 0 aliphatic heterocycles. The lowest BCUT2D eigenvalue weighted by atomic mass is 10.2. The number of hydrogen-bond donors (Lipinski definition) is 1. The molecular formula is C13H13N3O3. The first-order valence-corrected chi connectivity index (χ1v) is 5.70. The predicted molar refractivity (Wildman–Crippen MR) is 69.6 cm³/mol. The molecule has 0 aliphatic carbocycles. The van der Waals surface area contributed by atoms with Gasteiger partial charge in [0.2, 0.25) is 0 Å². The largest absolute Gasteiger partial charge is 0.482 e. The Morgan fingerprint density at radius 1 is 1.21 bits per heavy atom. The van der Waals surface area contributed by atoms with E-state index in [-0.39, 0.29) is 18.0 Å². The Balaban J connectivity index is 2.20. The van der Waals surface area contributed by atoms with E-state index >= 15 is 0 Å². The van der Waals surface area contributed by atoms with Gasteiger partial charge in [-0.2, -0.15) is 0 Å².